The Balaban J connectivity index is 2.19. The van der Waals surface area contributed by atoms with Gasteiger partial charge >= 0.3 is 0 Å². The van der Waals surface area contributed by atoms with E-state index < -0.39 is 9.84 Å². The van der Waals surface area contributed by atoms with Crippen molar-refractivity contribution in [1.82, 2.24) is 0 Å². The average molecular weight is 175 g/mol. The van der Waals surface area contributed by atoms with Crippen LogP contribution in [-0.4, -0.2) is 25.5 Å². The fourth-order valence-corrected chi connectivity index (χ4v) is 4.92. The van der Waals surface area contributed by atoms with Crippen molar-refractivity contribution in [1.29, 1.82) is 0 Å². The summed E-state index contributed by atoms with van der Waals surface area (Å²) in [5, 5.41) is -0.0671. The third-order valence-corrected chi connectivity index (χ3v) is 5.21. The molecule has 1 aliphatic carbocycles. The normalized spacial score (nSPS) is 48.4. The van der Waals surface area contributed by atoms with Gasteiger partial charge in [0.1, 0.15) is 0 Å². The topological polar surface area (TPSA) is 60.2 Å². The lowest BCUT2D eigenvalue weighted by atomic mass is 10.2. The summed E-state index contributed by atoms with van der Waals surface area (Å²) in [7, 11) is -2.73. The third kappa shape index (κ3) is 0.924. The number of nitrogens with two attached hydrogens (primary N) is 1. The van der Waals surface area contributed by atoms with Gasteiger partial charge in [-0.2, -0.15) is 0 Å². The summed E-state index contributed by atoms with van der Waals surface area (Å²) in [6, 6.07) is 0.0556. The third-order valence-electron chi connectivity index (χ3n) is 2.91. The van der Waals surface area contributed by atoms with Gasteiger partial charge in [-0.05, 0) is 25.2 Å². The molecule has 1 aliphatic heterocycles. The van der Waals surface area contributed by atoms with Gasteiger partial charge in [0.15, 0.2) is 9.84 Å². The van der Waals surface area contributed by atoms with Gasteiger partial charge in [0.2, 0.25) is 0 Å². The van der Waals surface area contributed by atoms with E-state index >= 15 is 0 Å². The molecule has 2 N–H and O–H groups in total. The Hall–Kier alpha value is -0.0900. The molecule has 0 aromatic carbocycles. The van der Waals surface area contributed by atoms with Crippen LogP contribution in [0.2, 0.25) is 0 Å². The number of fused-ring (bicyclic) bond motifs is 1. The molecule has 0 amide bonds. The molecule has 2 rings (SSSR count). The summed E-state index contributed by atoms with van der Waals surface area (Å²) in [6.07, 6.45) is 0.846. The highest BCUT2D eigenvalue weighted by Gasteiger charge is 2.62. The monoisotopic (exact) mass is 175 g/mol. The Morgan fingerprint density at radius 3 is 2.45 bits per heavy atom. The van der Waals surface area contributed by atoms with E-state index in [9.17, 15) is 8.42 Å². The van der Waals surface area contributed by atoms with Crippen LogP contribution in [0.4, 0.5) is 0 Å². The lowest BCUT2D eigenvalue weighted by molar-refractivity contribution is 0.556. The van der Waals surface area contributed by atoms with Gasteiger partial charge in [0, 0.05) is 6.04 Å². The summed E-state index contributed by atoms with van der Waals surface area (Å²) in [5.74, 6) is 1.07. The highest BCUT2D eigenvalue weighted by molar-refractivity contribution is 7.92. The highest BCUT2D eigenvalue weighted by Crippen LogP contribution is 2.53. The first-order valence-electron chi connectivity index (χ1n) is 4.01. The molecular weight excluding hydrogens is 162 g/mol. The first kappa shape index (κ1) is 7.55. The van der Waals surface area contributed by atoms with Crippen LogP contribution in [0.25, 0.3) is 0 Å². The standard InChI is InChI=1S/C7H13NO2S/c1-4(8)6-5-2-3-11(9,10)7(5)6/h4-7H,2-3,8H2,1H3/t4?,5-,6?,7-/m1/s1. The van der Waals surface area contributed by atoms with Crippen LogP contribution in [0.15, 0.2) is 0 Å². The number of sulfone groups is 1. The van der Waals surface area contributed by atoms with Crippen LogP contribution in [0.3, 0.4) is 0 Å². The fourth-order valence-electron chi connectivity index (χ4n) is 2.36. The molecule has 2 unspecified atom stereocenters. The van der Waals surface area contributed by atoms with Crippen molar-refractivity contribution < 1.29 is 8.42 Å². The molecule has 64 valence electrons. The van der Waals surface area contributed by atoms with Gasteiger partial charge in [-0.15, -0.1) is 0 Å². The SMILES string of the molecule is CC(N)C1[C@H]2CCS(=O)(=O)[C@@H]12. The van der Waals surface area contributed by atoms with E-state index in [1.165, 1.54) is 0 Å². The number of rotatable bonds is 1. The quantitative estimate of drug-likeness (QED) is 0.598. The van der Waals surface area contributed by atoms with Crippen LogP contribution in [0.1, 0.15) is 13.3 Å². The zero-order valence-corrected chi connectivity index (χ0v) is 7.34. The zero-order valence-electron chi connectivity index (χ0n) is 6.53. The van der Waals surface area contributed by atoms with Crippen LogP contribution in [-0.2, 0) is 9.84 Å². The average Bonchev–Trinajstić information content (AvgIpc) is 2.51. The van der Waals surface area contributed by atoms with E-state index in [0.29, 0.717) is 11.7 Å². The second-order valence-corrected chi connectivity index (χ2v) is 6.00. The van der Waals surface area contributed by atoms with Crippen molar-refractivity contribution in [3.63, 3.8) is 0 Å². The predicted octanol–water partition coefficient (Wildman–Crippen LogP) is -0.233. The van der Waals surface area contributed by atoms with E-state index in [1.807, 2.05) is 6.92 Å². The van der Waals surface area contributed by atoms with Crippen molar-refractivity contribution in [2.75, 3.05) is 5.75 Å². The fraction of sp³-hybridized carbons (Fsp3) is 1.00. The summed E-state index contributed by atoms with van der Waals surface area (Å²) < 4.78 is 22.5. The molecule has 4 atom stereocenters. The maximum absolute atomic E-state index is 11.3. The first-order chi connectivity index (χ1) is 5.04. The van der Waals surface area contributed by atoms with Crippen LogP contribution < -0.4 is 5.73 Å². The molecular formula is C7H13NO2S. The summed E-state index contributed by atoms with van der Waals surface area (Å²) in [5.41, 5.74) is 5.64. The van der Waals surface area contributed by atoms with E-state index in [1.54, 1.807) is 0 Å². The molecule has 1 heterocycles. The smallest absolute Gasteiger partial charge is 0.153 e. The van der Waals surface area contributed by atoms with Gasteiger partial charge in [-0.25, -0.2) is 8.42 Å². The van der Waals surface area contributed by atoms with Gasteiger partial charge in [-0.1, -0.05) is 0 Å². The lowest BCUT2D eigenvalue weighted by Crippen LogP contribution is -2.24. The van der Waals surface area contributed by atoms with E-state index in [0.717, 1.165) is 6.42 Å². The zero-order chi connectivity index (χ0) is 8.22. The first-order valence-corrected chi connectivity index (χ1v) is 5.73. The number of hydrogen-bond donors (Lipinski definition) is 1. The molecule has 2 aliphatic rings. The molecule has 0 aromatic rings. The molecule has 4 heteroatoms. The molecule has 0 bridgehead atoms. The predicted molar refractivity (Wildman–Crippen MR) is 42.8 cm³/mol. The molecule has 2 fully saturated rings. The van der Waals surface area contributed by atoms with Gasteiger partial charge in [-0.3, -0.25) is 0 Å². The molecule has 3 nitrogen and oxygen atoms in total. The van der Waals surface area contributed by atoms with Crippen molar-refractivity contribution in [3.8, 4) is 0 Å². The minimum atomic E-state index is -2.73. The minimum Gasteiger partial charge on any atom is -0.328 e. The second kappa shape index (κ2) is 1.98. The largest absolute Gasteiger partial charge is 0.328 e. The summed E-state index contributed by atoms with van der Waals surface area (Å²) in [4.78, 5) is 0. The van der Waals surface area contributed by atoms with Crippen molar-refractivity contribution in [2.24, 2.45) is 17.6 Å². The van der Waals surface area contributed by atoms with E-state index in [-0.39, 0.29) is 17.2 Å². The Labute approximate surface area is 66.9 Å². The Morgan fingerprint density at radius 2 is 2.18 bits per heavy atom. The molecule has 1 saturated carbocycles. The number of hydrogen-bond acceptors (Lipinski definition) is 3. The highest BCUT2D eigenvalue weighted by atomic mass is 32.2. The molecule has 0 radical (unpaired) electrons. The maximum atomic E-state index is 11.3. The molecule has 0 aromatic heterocycles. The Bertz CT molecular complexity index is 270. The van der Waals surface area contributed by atoms with E-state index in [2.05, 4.69) is 0 Å². The Morgan fingerprint density at radius 1 is 1.55 bits per heavy atom. The molecule has 0 spiro atoms. The summed E-state index contributed by atoms with van der Waals surface area (Å²) >= 11 is 0. The van der Waals surface area contributed by atoms with Gasteiger partial charge < -0.3 is 5.73 Å². The van der Waals surface area contributed by atoms with Crippen molar-refractivity contribution in [2.45, 2.75) is 24.6 Å². The minimum absolute atomic E-state index is 0.0556. The van der Waals surface area contributed by atoms with E-state index in [4.69, 9.17) is 5.73 Å². The summed E-state index contributed by atoms with van der Waals surface area (Å²) in [6.45, 7) is 1.90. The van der Waals surface area contributed by atoms with Crippen LogP contribution >= 0.6 is 0 Å². The lowest BCUT2D eigenvalue weighted by Gasteiger charge is -2.06. The van der Waals surface area contributed by atoms with Gasteiger partial charge in [0.25, 0.3) is 0 Å². The van der Waals surface area contributed by atoms with Crippen LogP contribution in [0.5, 0.6) is 0 Å². The Kier molecular flexibility index (Phi) is 1.36. The molecule has 11 heavy (non-hydrogen) atoms. The van der Waals surface area contributed by atoms with Gasteiger partial charge in [0.05, 0.1) is 11.0 Å². The van der Waals surface area contributed by atoms with Crippen LogP contribution in [0, 0.1) is 11.8 Å². The maximum Gasteiger partial charge on any atom is 0.153 e. The van der Waals surface area contributed by atoms with Crippen molar-refractivity contribution >= 4 is 9.84 Å². The second-order valence-electron chi connectivity index (χ2n) is 3.72. The van der Waals surface area contributed by atoms with Crippen molar-refractivity contribution in [3.05, 3.63) is 0 Å². The molecule has 1 saturated heterocycles.